The Hall–Kier alpha value is -5.40. The Morgan fingerprint density at radius 2 is 0.818 bits per heavy atom. The Morgan fingerprint density at radius 3 is 1.27 bits per heavy atom. The second-order valence-corrected chi connectivity index (χ2v) is 19.3. The summed E-state index contributed by atoms with van der Waals surface area (Å²) in [5.41, 5.74) is 11.8. The zero-order chi connectivity index (χ0) is 45.8. The first-order valence-electron chi connectivity index (χ1n) is 25.8. The number of nitrogens with zero attached hydrogens (tertiary/aromatic N) is 3. The van der Waals surface area contributed by atoms with Crippen molar-refractivity contribution in [1.82, 2.24) is 19.9 Å². The van der Waals surface area contributed by atoms with Gasteiger partial charge in [-0.2, -0.15) is 0 Å². The zero-order valence-electron chi connectivity index (χ0n) is 40.8. The van der Waals surface area contributed by atoms with Gasteiger partial charge in [-0.05, 0) is 115 Å². The van der Waals surface area contributed by atoms with Gasteiger partial charge in [0.05, 0.1) is 63.2 Å². The van der Waals surface area contributed by atoms with Gasteiger partial charge in [-0.25, -0.2) is 9.97 Å². The van der Waals surface area contributed by atoms with Gasteiger partial charge >= 0.3 is 0 Å². The molecule has 0 unspecified atom stereocenters. The number of rotatable bonds is 28. The topological polar surface area (TPSA) is 75.8 Å². The lowest BCUT2D eigenvalue weighted by atomic mass is 10.0. The van der Waals surface area contributed by atoms with Crippen molar-refractivity contribution in [3.05, 3.63) is 108 Å². The number of hydrogen-bond donors (Lipinski definition) is 2. The number of hydrogen-bond acceptors (Lipinski definition) is 4. The molecule has 0 aliphatic carbocycles. The van der Waals surface area contributed by atoms with Crippen LogP contribution in [0, 0.1) is 0 Å². The Morgan fingerprint density at radius 1 is 0.424 bits per heavy atom. The molecule has 7 rings (SSSR count). The van der Waals surface area contributed by atoms with Gasteiger partial charge in [0.15, 0.2) is 0 Å². The number of quaternary nitrogens is 1. The van der Waals surface area contributed by atoms with Gasteiger partial charge < -0.3 is 23.9 Å². The molecule has 0 radical (unpaired) electrons. The second kappa shape index (κ2) is 25.5. The average Bonchev–Trinajstić information content (AvgIpc) is 4.17. The molecule has 5 heterocycles. The lowest BCUT2D eigenvalue weighted by Gasteiger charge is -2.30. The third kappa shape index (κ3) is 14.8. The molecule has 66 heavy (non-hydrogen) atoms. The summed E-state index contributed by atoms with van der Waals surface area (Å²) in [6.45, 7) is 8.39. The molecule has 350 valence electrons. The first-order chi connectivity index (χ1) is 32.4. The Labute approximate surface area is 396 Å². The molecular weight excluding hydrogens is 811 g/mol. The molecule has 2 aliphatic rings. The normalized spacial score (nSPS) is 12.3. The number of fused-ring (bicyclic) bond motifs is 8. The van der Waals surface area contributed by atoms with Crippen LogP contribution in [0.2, 0.25) is 0 Å². The van der Waals surface area contributed by atoms with Crippen molar-refractivity contribution >= 4 is 46.4 Å². The number of benzene rings is 2. The standard InChI is InChI=1S/C59H78N5O2/c1-5-7-9-11-13-15-16-18-20-22-42-65-52-32-24-46(25-33-52)58-54-36-28-48(60-54)44-50-30-38-56(62-50)59(57-39-31-51(63-57)45-49-29-37-55(58)61-49)47-26-34-53(35-27-47)66-43-23-41-64(3,4)40-21-19-17-14-12-10-8-6-2/h24-39,44-45,60,63H,5-23,40-43H2,1-4H3/q+1. The van der Waals surface area contributed by atoms with Gasteiger partial charge in [-0.15, -0.1) is 0 Å². The fourth-order valence-electron chi connectivity index (χ4n) is 9.36. The van der Waals surface area contributed by atoms with E-state index >= 15 is 0 Å². The third-order valence-electron chi connectivity index (χ3n) is 13.2. The predicted molar refractivity (Wildman–Crippen MR) is 282 cm³/mol. The highest BCUT2D eigenvalue weighted by Gasteiger charge is 2.16. The van der Waals surface area contributed by atoms with E-state index in [1.54, 1.807) is 0 Å². The highest BCUT2D eigenvalue weighted by atomic mass is 16.5. The highest BCUT2D eigenvalue weighted by Crippen LogP contribution is 2.34. The fraction of sp³-hybridized carbons (Fsp3) is 0.458. The van der Waals surface area contributed by atoms with Gasteiger partial charge in [-0.1, -0.05) is 134 Å². The molecule has 3 aromatic heterocycles. The lowest BCUT2D eigenvalue weighted by molar-refractivity contribution is -0.890. The Balaban J connectivity index is 1.02. The fourth-order valence-corrected chi connectivity index (χ4v) is 9.36. The molecule has 2 aromatic carbocycles. The highest BCUT2D eigenvalue weighted by molar-refractivity contribution is 5.93. The minimum absolute atomic E-state index is 0.715. The van der Waals surface area contributed by atoms with Gasteiger partial charge in [0, 0.05) is 39.6 Å². The van der Waals surface area contributed by atoms with Crippen LogP contribution >= 0.6 is 0 Å². The quantitative estimate of drug-likeness (QED) is 0.0379. The second-order valence-electron chi connectivity index (χ2n) is 19.3. The molecule has 0 saturated heterocycles. The molecule has 0 fully saturated rings. The van der Waals surface area contributed by atoms with Crippen molar-refractivity contribution in [2.24, 2.45) is 0 Å². The molecule has 0 saturated carbocycles. The third-order valence-corrected chi connectivity index (χ3v) is 13.2. The molecule has 0 amide bonds. The average molecular weight is 889 g/mol. The van der Waals surface area contributed by atoms with E-state index in [0.29, 0.717) is 6.61 Å². The summed E-state index contributed by atoms with van der Waals surface area (Å²) in [6.07, 6.45) is 33.6. The minimum atomic E-state index is 0.715. The summed E-state index contributed by atoms with van der Waals surface area (Å²) in [4.78, 5) is 17.7. The van der Waals surface area contributed by atoms with Crippen molar-refractivity contribution < 1.29 is 14.0 Å². The number of H-pyrrole nitrogens is 2. The molecule has 5 aromatic rings. The molecule has 7 heteroatoms. The first kappa shape index (κ1) is 48.5. The lowest BCUT2D eigenvalue weighted by Crippen LogP contribution is -2.41. The summed E-state index contributed by atoms with van der Waals surface area (Å²) in [5.74, 6) is 1.80. The zero-order valence-corrected chi connectivity index (χ0v) is 40.8. The van der Waals surface area contributed by atoms with E-state index < -0.39 is 0 Å². The van der Waals surface area contributed by atoms with Gasteiger partial charge in [0.1, 0.15) is 11.5 Å². The maximum atomic E-state index is 6.29. The monoisotopic (exact) mass is 889 g/mol. The molecule has 7 nitrogen and oxygen atoms in total. The van der Waals surface area contributed by atoms with Crippen LogP contribution in [-0.4, -0.2) is 64.8 Å². The van der Waals surface area contributed by atoms with E-state index in [9.17, 15) is 0 Å². The molecule has 8 bridgehead atoms. The number of aromatic nitrogens is 4. The maximum absolute atomic E-state index is 6.29. The summed E-state index contributed by atoms with van der Waals surface area (Å²) < 4.78 is 13.5. The van der Waals surface area contributed by atoms with Crippen molar-refractivity contribution in [3.63, 3.8) is 0 Å². The van der Waals surface area contributed by atoms with E-state index in [1.807, 2.05) is 0 Å². The number of ether oxygens (including phenoxy) is 2. The van der Waals surface area contributed by atoms with Crippen molar-refractivity contribution in [2.45, 2.75) is 136 Å². The summed E-state index contributed by atoms with van der Waals surface area (Å²) >= 11 is 0. The summed E-state index contributed by atoms with van der Waals surface area (Å²) in [5, 5.41) is 0. The van der Waals surface area contributed by atoms with Crippen LogP contribution < -0.4 is 9.47 Å². The summed E-state index contributed by atoms with van der Waals surface area (Å²) in [6, 6.07) is 29.8. The van der Waals surface area contributed by atoms with E-state index in [4.69, 9.17) is 19.4 Å². The van der Waals surface area contributed by atoms with Crippen LogP contribution in [0.3, 0.4) is 0 Å². The van der Waals surface area contributed by atoms with Crippen LogP contribution in [0.4, 0.5) is 0 Å². The van der Waals surface area contributed by atoms with E-state index in [2.05, 4.69) is 147 Å². The van der Waals surface area contributed by atoms with Crippen LogP contribution in [0.15, 0.2) is 84.9 Å². The molecule has 0 atom stereocenters. The van der Waals surface area contributed by atoms with Gasteiger partial charge in [-0.3, -0.25) is 0 Å². The van der Waals surface area contributed by atoms with Gasteiger partial charge in [0.2, 0.25) is 0 Å². The van der Waals surface area contributed by atoms with Crippen LogP contribution in [-0.2, 0) is 0 Å². The number of unbranched alkanes of at least 4 members (excludes halogenated alkanes) is 16. The largest absolute Gasteiger partial charge is 0.494 e. The predicted octanol–water partition coefficient (Wildman–Crippen LogP) is 16.3. The maximum Gasteiger partial charge on any atom is 0.119 e. The minimum Gasteiger partial charge on any atom is -0.494 e. The molecular formula is C59H78N5O2+. The van der Waals surface area contributed by atoms with Crippen molar-refractivity contribution in [2.75, 3.05) is 40.4 Å². The van der Waals surface area contributed by atoms with Crippen LogP contribution in [0.1, 0.15) is 159 Å². The van der Waals surface area contributed by atoms with Crippen molar-refractivity contribution in [3.8, 4) is 33.8 Å². The van der Waals surface area contributed by atoms with E-state index in [0.717, 1.165) is 109 Å². The molecule has 0 spiro atoms. The van der Waals surface area contributed by atoms with Crippen molar-refractivity contribution in [1.29, 1.82) is 0 Å². The summed E-state index contributed by atoms with van der Waals surface area (Å²) in [7, 11) is 4.72. The Kier molecular flexibility index (Phi) is 18.7. The smallest absolute Gasteiger partial charge is 0.119 e. The van der Waals surface area contributed by atoms with Crippen LogP contribution in [0.5, 0.6) is 11.5 Å². The van der Waals surface area contributed by atoms with Crippen LogP contribution in [0.25, 0.3) is 68.6 Å². The van der Waals surface area contributed by atoms with Gasteiger partial charge in [0.25, 0.3) is 0 Å². The Bertz CT molecular complexity index is 2470. The first-order valence-corrected chi connectivity index (χ1v) is 25.8. The van der Waals surface area contributed by atoms with E-state index in [-0.39, 0.29) is 0 Å². The molecule has 2 N–H and O–H groups in total. The number of aromatic amines is 2. The molecule has 2 aliphatic heterocycles. The number of nitrogens with one attached hydrogen (secondary N) is 2. The van der Waals surface area contributed by atoms with E-state index in [1.165, 1.54) is 116 Å². The SMILES string of the molecule is CCCCCCCCCCCCOc1ccc(-c2c3nc(cc4ccc([nH]4)c(-c4ccc(OCCC[N+](C)(C)CCCCCCCCCC)cc4)c4nc(cc5ccc2[nH]5)C=C4)C=C3)cc1.